The second-order valence-electron chi connectivity index (χ2n) is 9.93. The highest BCUT2D eigenvalue weighted by molar-refractivity contribution is 7.91. The van der Waals surface area contributed by atoms with Crippen LogP contribution >= 0.6 is 22.9 Å². The van der Waals surface area contributed by atoms with Gasteiger partial charge in [-0.3, -0.25) is 14.6 Å². The van der Waals surface area contributed by atoms with E-state index in [1.54, 1.807) is 42.6 Å². The molecular weight excluding hydrogens is 588 g/mol. The van der Waals surface area contributed by atoms with E-state index in [1.807, 2.05) is 6.07 Å². The van der Waals surface area contributed by atoms with Crippen LogP contribution in [0.15, 0.2) is 65.3 Å². The molecule has 3 aromatic heterocycles. The number of carbonyl (C=O) groups is 2. The molecule has 2 fully saturated rings. The Bertz CT molecular complexity index is 1710. The number of pyridine rings is 1. The number of nitrogens with zero attached hydrogens (tertiary/aromatic N) is 6. The summed E-state index contributed by atoms with van der Waals surface area (Å²) in [6.45, 7) is -0.150. The molecular formula is C27H24ClN6O5S2-. The number of fused-ring (bicyclic) bond motifs is 1. The lowest BCUT2D eigenvalue weighted by molar-refractivity contribution is -0.130. The highest BCUT2D eigenvalue weighted by Crippen LogP contribution is 2.34. The van der Waals surface area contributed by atoms with Gasteiger partial charge >= 0.3 is 0 Å². The van der Waals surface area contributed by atoms with Gasteiger partial charge in [0.25, 0.3) is 15.9 Å². The van der Waals surface area contributed by atoms with Crippen molar-refractivity contribution in [2.24, 2.45) is 0 Å². The van der Waals surface area contributed by atoms with E-state index in [4.69, 9.17) is 11.6 Å². The van der Waals surface area contributed by atoms with Crippen LogP contribution in [0.4, 0.5) is 0 Å². The van der Waals surface area contributed by atoms with Crippen molar-refractivity contribution >= 4 is 54.9 Å². The zero-order chi connectivity index (χ0) is 28.7. The second-order valence-corrected chi connectivity index (χ2v) is 13.6. The lowest BCUT2D eigenvalue weighted by Crippen LogP contribution is -2.57. The van der Waals surface area contributed by atoms with Gasteiger partial charge in [-0.2, -0.15) is 4.31 Å². The number of carbonyl (C=O) groups excluding carboxylic acids is 2. The molecule has 4 aromatic rings. The maximum Gasteiger partial charge on any atom is 0.292 e. The number of hydroxylamine groups is 2. The van der Waals surface area contributed by atoms with Crippen molar-refractivity contribution in [3.63, 3.8) is 0 Å². The molecule has 11 nitrogen and oxygen atoms in total. The number of benzene rings is 1. The van der Waals surface area contributed by atoms with Gasteiger partial charge in [-0.1, -0.05) is 23.7 Å². The molecule has 1 aromatic carbocycles. The number of amides is 2. The molecule has 4 heterocycles. The highest BCUT2D eigenvalue weighted by atomic mass is 35.5. The van der Waals surface area contributed by atoms with Crippen LogP contribution in [0, 0.1) is 5.21 Å². The third kappa shape index (κ3) is 5.68. The van der Waals surface area contributed by atoms with Gasteiger partial charge in [0.15, 0.2) is 0 Å². The first kappa shape index (κ1) is 27.7. The summed E-state index contributed by atoms with van der Waals surface area (Å²) in [6, 6.07) is 10.9. The SMILES string of the molecule is O=C(CC1CN(S(=O)(=O)c2cc3ccc(Cl)cc3s2)CCN1C(=O)c1ncc(-c2ccccn2)cn1)N([O-])C1CC1. The molecule has 1 saturated carbocycles. The van der Waals surface area contributed by atoms with Gasteiger partial charge < -0.3 is 15.2 Å². The van der Waals surface area contributed by atoms with Crippen LogP contribution in [-0.2, 0) is 14.8 Å². The molecule has 6 rings (SSSR count). The fourth-order valence-electron chi connectivity index (χ4n) is 4.76. The summed E-state index contributed by atoms with van der Waals surface area (Å²) in [5.41, 5.74) is 1.27. The number of piperazine rings is 1. The van der Waals surface area contributed by atoms with Gasteiger partial charge in [0.1, 0.15) is 4.21 Å². The van der Waals surface area contributed by atoms with Crippen molar-refractivity contribution in [1.82, 2.24) is 29.2 Å². The van der Waals surface area contributed by atoms with E-state index in [0.717, 1.165) is 21.4 Å². The average Bonchev–Trinajstić information content (AvgIpc) is 3.75. The van der Waals surface area contributed by atoms with Gasteiger partial charge in [-0.15, -0.1) is 11.3 Å². The quantitative estimate of drug-likeness (QED) is 0.288. The predicted molar refractivity (Wildman–Crippen MR) is 154 cm³/mol. The van der Waals surface area contributed by atoms with Crippen molar-refractivity contribution < 1.29 is 18.0 Å². The molecule has 2 amide bonds. The van der Waals surface area contributed by atoms with E-state index in [0.29, 0.717) is 34.2 Å². The van der Waals surface area contributed by atoms with Gasteiger partial charge in [0.2, 0.25) is 11.7 Å². The number of thiophene rings is 1. The minimum absolute atomic E-state index is 0.000368. The average molecular weight is 612 g/mol. The van der Waals surface area contributed by atoms with Crippen molar-refractivity contribution in [3.05, 3.63) is 77.1 Å². The largest absolute Gasteiger partial charge is 0.756 e. The molecule has 0 spiro atoms. The summed E-state index contributed by atoms with van der Waals surface area (Å²) in [5.74, 6) is -1.33. The Morgan fingerprint density at radius 1 is 1.07 bits per heavy atom. The van der Waals surface area contributed by atoms with Crippen LogP contribution in [0.3, 0.4) is 0 Å². The summed E-state index contributed by atoms with van der Waals surface area (Å²) in [6.07, 6.45) is 5.57. The highest BCUT2D eigenvalue weighted by Gasteiger charge is 2.40. The molecule has 2 aliphatic rings. The molecule has 1 atom stereocenters. The number of halogens is 1. The molecule has 1 aliphatic heterocycles. The third-order valence-electron chi connectivity index (χ3n) is 7.10. The molecule has 212 valence electrons. The fourth-order valence-corrected chi connectivity index (χ4v) is 8.06. The summed E-state index contributed by atoms with van der Waals surface area (Å²) >= 11 is 7.18. The Hall–Kier alpha value is -3.49. The Balaban J connectivity index is 1.25. The Morgan fingerprint density at radius 3 is 2.56 bits per heavy atom. The van der Waals surface area contributed by atoms with Crippen molar-refractivity contribution in [2.75, 3.05) is 19.6 Å². The standard InChI is InChI=1S/C27H24ClN6O5S2/c28-19-5-4-17-11-25(40-23(17)12-19)41(38,39)32-9-10-33(21(16-32)13-24(35)34(37)20-6-7-20)27(36)26-30-14-18(15-31-26)22-3-1-2-8-29-22/h1-5,8,11-12,14-15,20-21H,6-7,9-10,13,16H2/q-1. The minimum Gasteiger partial charge on any atom is -0.756 e. The lowest BCUT2D eigenvalue weighted by atomic mass is 10.1. The zero-order valence-corrected chi connectivity index (χ0v) is 24.0. The van der Waals surface area contributed by atoms with Crippen LogP contribution in [0.5, 0.6) is 0 Å². The molecule has 14 heteroatoms. The molecule has 0 N–H and O–H groups in total. The molecule has 1 aliphatic carbocycles. The summed E-state index contributed by atoms with van der Waals surface area (Å²) in [5, 5.41) is 14.1. The lowest BCUT2D eigenvalue weighted by Gasteiger charge is -2.41. The smallest absolute Gasteiger partial charge is 0.292 e. The van der Waals surface area contributed by atoms with E-state index in [1.165, 1.54) is 21.6 Å². The van der Waals surface area contributed by atoms with Gasteiger partial charge in [-0.25, -0.2) is 18.4 Å². The normalized spacial score (nSPS) is 18.0. The Labute approximate surface area is 245 Å². The van der Waals surface area contributed by atoms with Gasteiger partial charge in [-0.05, 0) is 48.6 Å². The number of hydrogen-bond acceptors (Lipinski definition) is 9. The van der Waals surface area contributed by atoms with E-state index < -0.39 is 27.9 Å². The van der Waals surface area contributed by atoms with E-state index in [9.17, 15) is 23.2 Å². The Morgan fingerprint density at radius 2 is 1.85 bits per heavy atom. The van der Waals surface area contributed by atoms with Crippen LogP contribution < -0.4 is 0 Å². The monoisotopic (exact) mass is 611 g/mol. The maximum atomic E-state index is 13.7. The second kappa shape index (κ2) is 11.1. The zero-order valence-electron chi connectivity index (χ0n) is 21.6. The molecule has 0 radical (unpaired) electrons. The first-order valence-corrected chi connectivity index (χ1v) is 15.6. The van der Waals surface area contributed by atoms with Crippen molar-refractivity contribution in [3.8, 4) is 11.3 Å². The Kier molecular flexibility index (Phi) is 7.47. The van der Waals surface area contributed by atoms with Crippen molar-refractivity contribution in [1.29, 1.82) is 0 Å². The third-order valence-corrected chi connectivity index (χ3v) is 10.7. The molecule has 0 bridgehead atoms. The van der Waals surface area contributed by atoms with E-state index in [-0.39, 0.29) is 42.1 Å². The number of rotatable bonds is 7. The number of sulfonamides is 1. The summed E-state index contributed by atoms with van der Waals surface area (Å²) in [7, 11) is -3.95. The van der Waals surface area contributed by atoms with Crippen LogP contribution in [0.25, 0.3) is 21.3 Å². The van der Waals surface area contributed by atoms with Gasteiger partial charge in [0, 0.05) is 66.0 Å². The topological polar surface area (TPSA) is 140 Å². The van der Waals surface area contributed by atoms with Crippen molar-refractivity contribution in [2.45, 2.75) is 35.6 Å². The first-order valence-electron chi connectivity index (χ1n) is 12.9. The molecule has 1 saturated heterocycles. The first-order chi connectivity index (χ1) is 19.7. The van der Waals surface area contributed by atoms with Gasteiger partial charge in [0.05, 0.1) is 11.7 Å². The molecule has 41 heavy (non-hydrogen) atoms. The maximum absolute atomic E-state index is 13.7. The number of aromatic nitrogens is 3. The fraction of sp³-hybridized carbons (Fsp3) is 0.296. The number of hydrogen-bond donors (Lipinski definition) is 0. The van der Waals surface area contributed by atoms with Crippen LogP contribution in [-0.4, -0.2) is 81.2 Å². The van der Waals surface area contributed by atoms with Crippen LogP contribution in [0.2, 0.25) is 5.02 Å². The summed E-state index contributed by atoms with van der Waals surface area (Å²) in [4.78, 5) is 40.5. The van der Waals surface area contributed by atoms with E-state index >= 15 is 0 Å². The predicted octanol–water partition coefficient (Wildman–Crippen LogP) is 3.80. The molecule has 1 unspecified atom stereocenters. The van der Waals surface area contributed by atoms with E-state index in [2.05, 4.69) is 15.0 Å². The minimum atomic E-state index is -3.95. The summed E-state index contributed by atoms with van der Waals surface area (Å²) < 4.78 is 29.4. The van der Waals surface area contributed by atoms with Crippen LogP contribution in [0.1, 0.15) is 29.9 Å².